The molecule has 0 aliphatic heterocycles. The van der Waals surface area contributed by atoms with Crippen molar-refractivity contribution in [3.05, 3.63) is 28.8 Å². The van der Waals surface area contributed by atoms with Crippen molar-refractivity contribution in [3.63, 3.8) is 0 Å². The molecule has 2 nitrogen and oxygen atoms in total. The normalized spacial score (nSPS) is 18.0. The molecule has 1 aromatic carbocycles. The van der Waals surface area contributed by atoms with E-state index in [0.29, 0.717) is 6.04 Å². The maximum atomic E-state index is 5.50. The lowest BCUT2D eigenvalue weighted by Gasteiger charge is -2.32. The van der Waals surface area contributed by atoms with Crippen LogP contribution in [0.3, 0.4) is 0 Å². The molecule has 1 fully saturated rings. The first-order valence-corrected chi connectivity index (χ1v) is 8.05. The minimum absolute atomic E-state index is 0.503. The average molecular weight is 275 g/mol. The molecule has 0 bridgehead atoms. The van der Waals surface area contributed by atoms with E-state index < -0.39 is 0 Å². The van der Waals surface area contributed by atoms with Gasteiger partial charge in [0, 0.05) is 6.04 Å². The van der Waals surface area contributed by atoms with Gasteiger partial charge in [-0.25, -0.2) is 0 Å². The van der Waals surface area contributed by atoms with Gasteiger partial charge in [0.1, 0.15) is 5.75 Å². The minimum atomic E-state index is 0.503. The van der Waals surface area contributed by atoms with Gasteiger partial charge < -0.3 is 10.1 Å². The molecule has 1 N–H and O–H groups in total. The van der Waals surface area contributed by atoms with Crippen LogP contribution in [0.2, 0.25) is 0 Å². The third kappa shape index (κ3) is 3.35. The largest absolute Gasteiger partial charge is 0.496 e. The molecule has 1 unspecified atom stereocenters. The fourth-order valence-corrected chi connectivity index (χ4v) is 3.73. The summed E-state index contributed by atoms with van der Waals surface area (Å²) in [5.41, 5.74) is 3.94. The van der Waals surface area contributed by atoms with Crippen molar-refractivity contribution < 1.29 is 4.74 Å². The van der Waals surface area contributed by atoms with E-state index in [-0.39, 0.29) is 0 Å². The van der Waals surface area contributed by atoms with Crippen molar-refractivity contribution in [1.82, 2.24) is 5.32 Å². The number of rotatable bonds is 5. The second-order valence-corrected chi connectivity index (χ2v) is 6.12. The van der Waals surface area contributed by atoms with E-state index in [1.54, 1.807) is 7.11 Å². The summed E-state index contributed by atoms with van der Waals surface area (Å²) in [6.45, 7) is 7.54. The van der Waals surface area contributed by atoms with Crippen molar-refractivity contribution in [3.8, 4) is 5.75 Å². The van der Waals surface area contributed by atoms with E-state index in [2.05, 4.69) is 38.2 Å². The summed E-state index contributed by atoms with van der Waals surface area (Å²) in [7, 11) is 1.76. The number of methoxy groups -OCH3 is 1. The molecule has 0 amide bonds. The number of hydrogen-bond acceptors (Lipinski definition) is 2. The number of ether oxygens (including phenoxy) is 1. The molecule has 1 atom stereocenters. The summed E-state index contributed by atoms with van der Waals surface area (Å²) >= 11 is 0. The first-order valence-electron chi connectivity index (χ1n) is 8.05. The molecule has 1 saturated carbocycles. The van der Waals surface area contributed by atoms with Crippen molar-refractivity contribution in [2.45, 2.75) is 58.9 Å². The van der Waals surface area contributed by atoms with Crippen LogP contribution in [-0.4, -0.2) is 13.7 Å². The molecule has 0 radical (unpaired) electrons. The highest BCUT2D eigenvalue weighted by molar-refractivity contribution is 5.44. The summed E-state index contributed by atoms with van der Waals surface area (Å²) in [4.78, 5) is 0. The highest BCUT2D eigenvalue weighted by atomic mass is 16.5. The predicted octanol–water partition coefficient (Wildman–Crippen LogP) is 4.54. The Kier molecular flexibility index (Phi) is 5.47. The van der Waals surface area contributed by atoms with Crippen molar-refractivity contribution in [2.24, 2.45) is 5.92 Å². The molecule has 1 aromatic rings. The van der Waals surface area contributed by atoms with Gasteiger partial charge in [-0.15, -0.1) is 0 Å². The summed E-state index contributed by atoms with van der Waals surface area (Å²) in [5.74, 6) is 1.82. The van der Waals surface area contributed by atoms with Crippen molar-refractivity contribution >= 4 is 0 Å². The maximum absolute atomic E-state index is 5.50. The molecule has 0 aromatic heterocycles. The van der Waals surface area contributed by atoms with E-state index in [1.807, 2.05) is 0 Å². The van der Waals surface area contributed by atoms with Gasteiger partial charge >= 0.3 is 0 Å². The number of aryl methyl sites for hydroxylation is 2. The van der Waals surface area contributed by atoms with Crippen LogP contribution in [0.4, 0.5) is 0 Å². The van der Waals surface area contributed by atoms with Gasteiger partial charge in [0.25, 0.3) is 0 Å². The topological polar surface area (TPSA) is 21.3 Å². The molecular formula is C18H29NO. The third-order valence-corrected chi connectivity index (χ3v) is 4.59. The second kappa shape index (κ2) is 7.12. The van der Waals surface area contributed by atoms with Gasteiger partial charge in [-0.3, -0.25) is 0 Å². The molecule has 0 spiro atoms. The highest BCUT2D eigenvalue weighted by Gasteiger charge is 2.25. The van der Waals surface area contributed by atoms with Gasteiger partial charge in [0.2, 0.25) is 0 Å². The van der Waals surface area contributed by atoms with E-state index in [4.69, 9.17) is 4.74 Å². The Bertz CT molecular complexity index is 412. The molecule has 1 aliphatic rings. The van der Waals surface area contributed by atoms with Crippen molar-refractivity contribution in [1.29, 1.82) is 0 Å². The monoisotopic (exact) mass is 275 g/mol. The molecule has 0 saturated heterocycles. The zero-order valence-electron chi connectivity index (χ0n) is 13.5. The zero-order valence-corrected chi connectivity index (χ0v) is 13.5. The summed E-state index contributed by atoms with van der Waals surface area (Å²) in [5, 5.41) is 3.72. The molecule has 112 valence electrons. The van der Waals surface area contributed by atoms with Crippen LogP contribution in [-0.2, 0) is 0 Å². The Morgan fingerprint density at radius 1 is 1.15 bits per heavy atom. The van der Waals surface area contributed by atoms with Gasteiger partial charge in [-0.1, -0.05) is 38.3 Å². The first-order chi connectivity index (χ1) is 9.67. The lowest BCUT2D eigenvalue weighted by Crippen LogP contribution is -2.29. The quantitative estimate of drug-likeness (QED) is 0.851. The van der Waals surface area contributed by atoms with Crippen LogP contribution in [0.25, 0.3) is 0 Å². The van der Waals surface area contributed by atoms with Gasteiger partial charge in [-0.2, -0.15) is 0 Å². The summed E-state index contributed by atoms with van der Waals surface area (Å²) < 4.78 is 5.50. The Hall–Kier alpha value is -1.02. The van der Waals surface area contributed by atoms with Crippen LogP contribution in [0.1, 0.15) is 61.8 Å². The second-order valence-electron chi connectivity index (χ2n) is 6.12. The number of hydrogen-bond donors (Lipinski definition) is 1. The molecule has 20 heavy (non-hydrogen) atoms. The van der Waals surface area contributed by atoms with Crippen LogP contribution >= 0.6 is 0 Å². The molecule has 1 aliphatic carbocycles. The Balaban J connectivity index is 2.28. The minimum Gasteiger partial charge on any atom is -0.496 e. The van der Waals surface area contributed by atoms with Crippen molar-refractivity contribution in [2.75, 3.05) is 13.7 Å². The molecule has 2 heteroatoms. The van der Waals surface area contributed by atoms with Crippen LogP contribution < -0.4 is 10.1 Å². The number of nitrogens with one attached hydrogen (secondary N) is 1. The lowest BCUT2D eigenvalue weighted by atomic mass is 9.80. The summed E-state index contributed by atoms with van der Waals surface area (Å²) in [6, 6.07) is 5.13. The third-order valence-electron chi connectivity index (χ3n) is 4.59. The fraction of sp³-hybridized carbons (Fsp3) is 0.667. The van der Waals surface area contributed by atoms with Gasteiger partial charge in [0.05, 0.1) is 7.11 Å². The fourth-order valence-electron chi connectivity index (χ4n) is 3.73. The van der Waals surface area contributed by atoms with Gasteiger partial charge in [-0.05, 0) is 55.8 Å². The lowest BCUT2D eigenvalue weighted by molar-refractivity contribution is 0.274. The van der Waals surface area contributed by atoms with Crippen LogP contribution in [0, 0.1) is 19.8 Å². The van der Waals surface area contributed by atoms with E-state index in [1.165, 1.54) is 48.8 Å². The maximum Gasteiger partial charge on any atom is 0.124 e. The molecule has 2 rings (SSSR count). The van der Waals surface area contributed by atoms with E-state index in [9.17, 15) is 0 Å². The van der Waals surface area contributed by atoms with Gasteiger partial charge in [0.15, 0.2) is 0 Å². The Morgan fingerprint density at radius 3 is 2.25 bits per heavy atom. The van der Waals surface area contributed by atoms with E-state index >= 15 is 0 Å². The smallest absolute Gasteiger partial charge is 0.124 e. The Morgan fingerprint density at radius 2 is 1.75 bits per heavy atom. The Labute approximate surface area is 123 Å². The molecule has 0 heterocycles. The summed E-state index contributed by atoms with van der Waals surface area (Å²) in [6.07, 6.45) is 6.92. The van der Waals surface area contributed by atoms with Crippen LogP contribution in [0.15, 0.2) is 12.1 Å². The zero-order chi connectivity index (χ0) is 14.5. The standard InChI is InChI=1S/C18H29NO/c1-5-19-17(15-9-7-6-8-10-15)16-11-13(2)18(20-4)14(3)12-16/h11-12,15,17,19H,5-10H2,1-4H3. The molecular weight excluding hydrogens is 246 g/mol. The predicted molar refractivity (Wildman–Crippen MR) is 85.5 cm³/mol. The number of benzene rings is 1. The average Bonchev–Trinajstić information content (AvgIpc) is 2.45. The SMILES string of the molecule is CCNC(c1cc(C)c(OC)c(C)c1)C1CCCCC1. The van der Waals surface area contributed by atoms with Crippen LogP contribution in [0.5, 0.6) is 5.75 Å². The first kappa shape index (κ1) is 15.4. The van der Waals surface area contributed by atoms with E-state index in [0.717, 1.165) is 18.2 Å². The highest BCUT2D eigenvalue weighted by Crippen LogP contribution is 2.36.